The number of likely N-dealkylation sites (N-methyl/N-ethyl adjacent to an activating group) is 1. The van der Waals surface area contributed by atoms with Gasteiger partial charge in [-0.3, -0.25) is 9.59 Å². The summed E-state index contributed by atoms with van der Waals surface area (Å²) in [5.41, 5.74) is -1.01. The summed E-state index contributed by atoms with van der Waals surface area (Å²) in [5.74, 6) is 0.471. The molecule has 0 spiro atoms. The number of rotatable bonds is 2. The number of amides is 2. The Labute approximate surface area is 148 Å². The van der Waals surface area contributed by atoms with Gasteiger partial charge in [0.25, 0.3) is 0 Å². The summed E-state index contributed by atoms with van der Waals surface area (Å²) in [6, 6.07) is 8.72. The predicted octanol–water partition coefficient (Wildman–Crippen LogP) is 2.12. The van der Waals surface area contributed by atoms with Crippen molar-refractivity contribution in [2.45, 2.75) is 44.8 Å². The van der Waals surface area contributed by atoms with Crippen molar-refractivity contribution in [1.29, 1.82) is 5.26 Å². The quantitative estimate of drug-likeness (QED) is 0.826. The summed E-state index contributed by atoms with van der Waals surface area (Å²) < 4.78 is 5.20. The Balaban J connectivity index is 2.16. The molecule has 4 unspecified atom stereocenters. The summed E-state index contributed by atoms with van der Waals surface area (Å²) >= 11 is 0. The maximum absolute atomic E-state index is 13.1. The van der Waals surface area contributed by atoms with Gasteiger partial charge in [0, 0.05) is 13.5 Å². The molecule has 0 aliphatic carbocycles. The summed E-state index contributed by atoms with van der Waals surface area (Å²) in [6.45, 7) is 5.33. The van der Waals surface area contributed by atoms with E-state index in [1.807, 2.05) is 31.2 Å². The van der Waals surface area contributed by atoms with Crippen molar-refractivity contribution in [1.82, 2.24) is 9.80 Å². The van der Waals surface area contributed by atoms with Gasteiger partial charge < -0.3 is 14.5 Å². The lowest BCUT2D eigenvalue weighted by Gasteiger charge is -2.47. The first kappa shape index (κ1) is 17.3. The molecule has 2 heterocycles. The van der Waals surface area contributed by atoms with Crippen molar-refractivity contribution < 1.29 is 14.3 Å². The average molecular weight is 341 g/mol. The molecule has 4 atom stereocenters. The minimum atomic E-state index is -1.01. The fourth-order valence-electron chi connectivity index (χ4n) is 4.34. The molecular weight excluding hydrogens is 318 g/mol. The van der Waals surface area contributed by atoms with E-state index in [0.29, 0.717) is 12.2 Å². The third-order valence-corrected chi connectivity index (χ3v) is 5.75. The van der Waals surface area contributed by atoms with Crippen LogP contribution in [0, 0.1) is 16.7 Å². The maximum atomic E-state index is 13.1. The Kier molecular flexibility index (Phi) is 3.79. The number of hydrogen-bond acceptors (Lipinski definition) is 4. The number of fused-ring (bicyclic) bond motifs is 1. The lowest BCUT2D eigenvalue weighted by molar-refractivity contribution is -0.166. The minimum absolute atomic E-state index is 0.114. The Morgan fingerprint density at radius 3 is 2.36 bits per heavy atom. The third kappa shape index (κ3) is 2.22. The van der Waals surface area contributed by atoms with Gasteiger partial charge in [-0.15, -0.1) is 0 Å². The Hall–Kier alpha value is -2.55. The number of carbonyl (C=O) groups is 2. The molecular formula is C19H23N3O3. The zero-order valence-corrected chi connectivity index (χ0v) is 15.2. The first-order valence-electron chi connectivity index (χ1n) is 8.35. The van der Waals surface area contributed by atoms with E-state index in [4.69, 9.17) is 4.74 Å². The SMILES string of the molecule is COc1ccc(C2N3C(=O)C(C)N(C)C(=O)C3(C)CC2(C)C#N)cc1. The molecule has 2 aliphatic heterocycles. The van der Waals surface area contributed by atoms with Gasteiger partial charge in [-0.25, -0.2) is 0 Å². The molecule has 25 heavy (non-hydrogen) atoms. The number of carbonyl (C=O) groups excluding carboxylic acids is 2. The topological polar surface area (TPSA) is 73.6 Å². The Bertz CT molecular complexity index is 769. The maximum Gasteiger partial charge on any atom is 0.248 e. The van der Waals surface area contributed by atoms with Gasteiger partial charge in [-0.2, -0.15) is 5.26 Å². The van der Waals surface area contributed by atoms with Gasteiger partial charge >= 0.3 is 0 Å². The fourth-order valence-corrected chi connectivity index (χ4v) is 4.34. The first-order chi connectivity index (χ1) is 11.7. The van der Waals surface area contributed by atoms with Gasteiger partial charge in [-0.1, -0.05) is 12.1 Å². The van der Waals surface area contributed by atoms with Crippen molar-refractivity contribution in [2.24, 2.45) is 5.41 Å². The van der Waals surface area contributed by atoms with Crippen LogP contribution < -0.4 is 4.74 Å². The van der Waals surface area contributed by atoms with Crippen LogP contribution >= 0.6 is 0 Å². The number of benzene rings is 1. The van der Waals surface area contributed by atoms with Crippen molar-refractivity contribution in [2.75, 3.05) is 14.2 Å². The molecule has 6 heteroatoms. The highest BCUT2D eigenvalue weighted by atomic mass is 16.5. The van der Waals surface area contributed by atoms with Crippen LogP contribution in [0.2, 0.25) is 0 Å². The van der Waals surface area contributed by atoms with Crippen LogP contribution in [0.4, 0.5) is 0 Å². The van der Waals surface area contributed by atoms with Gasteiger partial charge in [0.05, 0.1) is 24.6 Å². The van der Waals surface area contributed by atoms with Crippen LogP contribution in [0.1, 0.15) is 38.8 Å². The Morgan fingerprint density at radius 1 is 1.24 bits per heavy atom. The van der Waals surface area contributed by atoms with Crippen molar-refractivity contribution in [3.05, 3.63) is 29.8 Å². The molecule has 2 aliphatic rings. The van der Waals surface area contributed by atoms with Crippen molar-refractivity contribution in [3.8, 4) is 11.8 Å². The van der Waals surface area contributed by atoms with Gasteiger partial charge in [0.2, 0.25) is 11.8 Å². The average Bonchev–Trinajstić information content (AvgIpc) is 2.87. The lowest BCUT2D eigenvalue weighted by atomic mass is 9.77. The highest BCUT2D eigenvalue weighted by Gasteiger charge is 2.65. The molecule has 3 rings (SSSR count). The Morgan fingerprint density at radius 2 is 1.84 bits per heavy atom. The normalized spacial score (nSPS) is 34.7. The second-order valence-electron chi connectivity index (χ2n) is 7.46. The van der Waals surface area contributed by atoms with Crippen molar-refractivity contribution in [3.63, 3.8) is 0 Å². The summed E-state index contributed by atoms with van der Waals surface area (Å²) in [6.07, 6.45) is 0.314. The van der Waals surface area contributed by atoms with Crippen LogP contribution in [0.3, 0.4) is 0 Å². The number of nitrogens with zero attached hydrogens (tertiary/aromatic N) is 3. The van der Waals surface area contributed by atoms with Crippen molar-refractivity contribution >= 4 is 11.8 Å². The standard InChI is InChI=1S/C19H23N3O3/c1-12-16(23)22-15(13-6-8-14(25-5)9-7-13)18(2,11-20)10-19(22,3)17(24)21(12)4/h6-9,12,15H,10H2,1-5H3. The lowest BCUT2D eigenvalue weighted by Crippen LogP contribution is -2.66. The van der Waals surface area contributed by atoms with E-state index >= 15 is 0 Å². The minimum Gasteiger partial charge on any atom is -0.497 e. The highest BCUT2D eigenvalue weighted by molar-refractivity contribution is 6.00. The van der Waals surface area contributed by atoms with E-state index in [-0.39, 0.29) is 11.8 Å². The fraction of sp³-hybridized carbons (Fsp3) is 0.526. The molecule has 0 bridgehead atoms. The molecule has 2 fully saturated rings. The molecule has 132 valence electrons. The molecule has 0 radical (unpaired) electrons. The number of methoxy groups -OCH3 is 1. The molecule has 0 aromatic heterocycles. The van der Waals surface area contributed by atoms with Gasteiger partial charge in [0.15, 0.2) is 0 Å². The van der Waals surface area contributed by atoms with Crippen LogP contribution in [0.25, 0.3) is 0 Å². The molecule has 0 N–H and O–H groups in total. The second kappa shape index (κ2) is 5.48. The first-order valence-corrected chi connectivity index (χ1v) is 8.35. The number of piperazine rings is 1. The van der Waals surface area contributed by atoms with E-state index in [9.17, 15) is 14.9 Å². The monoisotopic (exact) mass is 341 g/mol. The van der Waals surface area contributed by atoms with E-state index in [2.05, 4.69) is 6.07 Å². The molecule has 2 amide bonds. The van der Waals surface area contributed by atoms with E-state index < -0.39 is 23.0 Å². The summed E-state index contributed by atoms with van der Waals surface area (Å²) in [7, 11) is 3.24. The zero-order valence-electron chi connectivity index (χ0n) is 15.2. The highest BCUT2D eigenvalue weighted by Crippen LogP contribution is 2.56. The summed E-state index contributed by atoms with van der Waals surface area (Å²) in [4.78, 5) is 29.2. The van der Waals surface area contributed by atoms with Crippen LogP contribution in [-0.4, -0.2) is 47.4 Å². The van der Waals surface area contributed by atoms with Crippen LogP contribution in [0.5, 0.6) is 5.75 Å². The summed E-state index contributed by atoms with van der Waals surface area (Å²) in [5, 5.41) is 9.89. The molecule has 1 aromatic rings. The molecule has 1 aromatic carbocycles. The largest absolute Gasteiger partial charge is 0.497 e. The molecule has 6 nitrogen and oxygen atoms in total. The number of nitriles is 1. The number of hydrogen-bond donors (Lipinski definition) is 0. The van der Waals surface area contributed by atoms with Crippen LogP contribution in [0.15, 0.2) is 24.3 Å². The van der Waals surface area contributed by atoms with E-state index in [1.165, 1.54) is 4.90 Å². The molecule has 2 saturated heterocycles. The second-order valence-corrected chi connectivity index (χ2v) is 7.46. The van der Waals surface area contributed by atoms with Crippen LogP contribution in [-0.2, 0) is 9.59 Å². The van der Waals surface area contributed by atoms with E-state index in [0.717, 1.165) is 5.56 Å². The predicted molar refractivity (Wildman–Crippen MR) is 91.6 cm³/mol. The molecule has 0 saturated carbocycles. The van der Waals surface area contributed by atoms with Gasteiger partial charge in [-0.05, 0) is 38.5 Å². The third-order valence-electron chi connectivity index (χ3n) is 5.75. The van der Waals surface area contributed by atoms with E-state index in [1.54, 1.807) is 32.9 Å². The smallest absolute Gasteiger partial charge is 0.248 e. The van der Waals surface area contributed by atoms with Gasteiger partial charge in [0.1, 0.15) is 17.3 Å². The number of ether oxygens (including phenoxy) is 1. The zero-order chi connectivity index (χ0) is 18.6.